The van der Waals surface area contributed by atoms with Gasteiger partial charge in [-0.2, -0.15) is 0 Å². The van der Waals surface area contributed by atoms with E-state index in [-0.39, 0.29) is 5.60 Å². The van der Waals surface area contributed by atoms with E-state index in [4.69, 9.17) is 9.47 Å². The molecule has 3 nitrogen and oxygen atoms in total. The van der Waals surface area contributed by atoms with Gasteiger partial charge in [-0.25, -0.2) is 0 Å². The molecule has 2 aromatic rings. The van der Waals surface area contributed by atoms with Gasteiger partial charge in [-0.05, 0) is 49.9 Å². The Balaban J connectivity index is 1.73. The van der Waals surface area contributed by atoms with Crippen molar-refractivity contribution >= 4 is 0 Å². The molecule has 0 N–H and O–H groups in total. The van der Waals surface area contributed by atoms with E-state index < -0.39 is 0 Å². The van der Waals surface area contributed by atoms with E-state index in [9.17, 15) is 0 Å². The Morgan fingerprint density at radius 3 is 2.61 bits per heavy atom. The first-order chi connectivity index (χ1) is 11.3. The fraction of sp³-hybridized carbons (Fsp3) is 0.350. The number of methoxy groups -OCH3 is 1. The van der Waals surface area contributed by atoms with Gasteiger partial charge in [0, 0.05) is 35.5 Å². The highest BCUT2D eigenvalue weighted by atomic mass is 16.5. The summed E-state index contributed by atoms with van der Waals surface area (Å²) in [5.74, 6) is 8.24. The van der Waals surface area contributed by atoms with Gasteiger partial charge in [-0.1, -0.05) is 11.8 Å². The van der Waals surface area contributed by atoms with Crippen molar-refractivity contribution in [3.63, 3.8) is 0 Å². The first-order valence-electron chi connectivity index (χ1n) is 8.11. The van der Waals surface area contributed by atoms with E-state index in [0.717, 1.165) is 41.9 Å². The fourth-order valence-electron chi connectivity index (χ4n) is 3.62. The summed E-state index contributed by atoms with van der Waals surface area (Å²) in [6.45, 7) is 0. The maximum Gasteiger partial charge on any atom is 0.166 e. The van der Waals surface area contributed by atoms with E-state index in [1.807, 2.05) is 24.3 Å². The largest absolute Gasteiger partial charge is 0.493 e. The summed E-state index contributed by atoms with van der Waals surface area (Å²) in [6, 6.07) is 7.85. The van der Waals surface area contributed by atoms with Crippen molar-refractivity contribution in [1.29, 1.82) is 0 Å². The van der Waals surface area contributed by atoms with Gasteiger partial charge in [0.05, 0.1) is 7.11 Å². The van der Waals surface area contributed by atoms with Crippen molar-refractivity contribution in [1.82, 2.24) is 4.98 Å². The van der Waals surface area contributed by atoms with Crippen LogP contribution in [0.2, 0.25) is 0 Å². The first-order valence-corrected chi connectivity index (χ1v) is 8.11. The molecule has 1 aromatic carbocycles. The molecule has 4 rings (SSSR count). The summed E-state index contributed by atoms with van der Waals surface area (Å²) in [5.41, 5.74) is 3.19. The van der Waals surface area contributed by atoms with E-state index in [1.165, 1.54) is 18.4 Å². The molecule has 1 spiro atoms. The van der Waals surface area contributed by atoms with Gasteiger partial charge in [-0.15, -0.1) is 0 Å². The van der Waals surface area contributed by atoms with E-state index in [2.05, 4.69) is 16.8 Å². The lowest BCUT2D eigenvalue weighted by atomic mass is 9.93. The third-order valence-corrected chi connectivity index (χ3v) is 4.80. The zero-order valence-electron chi connectivity index (χ0n) is 13.3. The van der Waals surface area contributed by atoms with Crippen molar-refractivity contribution in [2.45, 2.75) is 37.7 Å². The highest BCUT2D eigenvalue weighted by Gasteiger charge is 2.43. The van der Waals surface area contributed by atoms with Crippen LogP contribution in [0, 0.1) is 11.8 Å². The molecule has 0 radical (unpaired) electrons. The van der Waals surface area contributed by atoms with Gasteiger partial charge < -0.3 is 9.47 Å². The van der Waals surface area contributed by atoms with Crippen LogP contribution in [0.4, 0.5) is 0 Å². The van der Waals surface area contributed by atoms with Crippen LogP contribution < -0.4 is 9.47 Å². The van der Waals surface area contributed by atoms with Gasteiger partial charge in [0.1, 0.15) is 5.60 Å². The predicted molar refractivity (Wildman–Crippen MR) is 88.7 cm³/mol. The zero-order valence-corrected chi connectivity index (χ0v) is 13.3. The second-order valence-electron chi connectivity index (χ2n) is 6.28. The molecule has 2 aliphatic rings. The van der Waals surface area contributed by atoms with Gasteiger partial charge in [0.15, 0.2) is 11.5 Å². The maximum absolute atomic E-state index is 6.37. The second kappa shape index (κ2) is 5.62. The van der Waals surface area contributed by atoms with Crippen molar-refractivity contribution in [3.05, 3.63) is 53.3 Å². The predicted octanol–water partition coefficient (Wildman–Crippen LogP) is 3.74. The Bertz CT molecular complexity index is 781. The molecule has 1 aliphatic carbocycles. The van der Waals surface area contributed by atoms with Crippen molar-refractivity contribution in [2.75, 3.05) is 7.11 Å². The quantitative estimate of drug-likeness (QED) is 0.752. The number of benzene rings is 1. The summed E-state index contributed by atoms with van der Waals surface area (Å²) in [7, 11) is 1.70. The van der Waals surface area contributed by atoms with Crippen LogP contribution >= 0.6 is 0 Å². The third-order valence-electron chi connectivity index (χ3n) is 4.80. The molecule has 0 unspecified atom stereocenters. The summed E-state index contributed by atoms with van der Waals surface area (Å²) in [5, 5.41) is 0. The molecule has 23 heavy (non-hydrogen) atoms. The molecule has 0 atom stereocenters. The molecular formula is C20H19NO2. The smallest absolute Gasteiger partial charge is 0.166 e. The molecule has 1 saturated carbocycles. The van der Waals surface area contributed by atoms with Crippen LogP contribution in [0.5, 0.6) is 11.5 Å². The number of pyridine rings is 1. The van der Waals surface area contributed by atoms with Gasteiger partial charge >= 0.3 is 0 Å². The average Bonchev–Trinajstić information content (AvgIpc) is 3.20. The van der Waals surface area contributed by atoms with Gasteiger partial charge in [0.2, 0.25) is 0 Å². The molecule has 2 heterocycles. The van der Waals surface area contributed by atoms with Gasteiger partial charge in [-0.3, -0.25) is 4.98 Å². The molecule has 1 aromatic heterocycles. The van der Waals surface area contributed by atoms with Crippen LogP contribution in [0.1, 0.15) is 42.4 Å². The minimum absolute atomic E-state index is 0.0237. The van der Waals surface area contributed by atoms with Crippen molar-refractivity contribution < 1.29 is 9.47 Å². The number of rotatable bonds is 1. The molecule has 116 valence electrons. The standard InChI is InChI=1S/C20H19NO2/c1-22-18-7-6-16(5-4-15-8-12-21-13-9-15)17-14-20(23-19(17)18)10-2-3-11-20/h6-9,12-13H,2-3,10-11,14H2,1H3. The molecule has 0 amide bonds. The maximum atomic E-state index is 6.37. The summed E-state index contributed by atoms with van der Waals surface area (Å²) in [6.07, 6.45) is 9.21. The highest BCUT2D eigenvalue weighted by Crippen LogP contribution is 2.49. The first kappa shape index (κ1) is 14.1. The molecule has 1 fully saturated rings. The molecular weight excluding hydrogens is 286 g/mol. The summed E-state index contributed by atoms with van der Waals surface area (Å²) in [4.78, 5) is 4.02. The molecule has 3 heteroatoms. The number of aromatic nitrogens is 1. The Morgan fingerprint density at radius 1 is 1.09 bits per heavy atom. The monoisotopic (exact) mass is 305 g/mol. The number of ether oxygens (including phenoxy) is 2. The lowest BCUT2D eigenvalue weighted by Gasteiger charge is -2.22. The number of hydrogen-bond acceptors (Lipinski definition) is 3. The minimum Gasteiger partial charge on any atom is -0.493 e. The average molecular weight is 305 g/mol. The normalized spacial score (nSPS) is 17.3. The fourth-order valence-corrected chi connectivity index (χ4v) is 3.62. The summed E-state index contributed by atoms with van der Waals surface area (Å²) >= 11 is 0. The van der Waals surface area contributed by atoms with E-state index in [1.54, 1.807) is 19.5 Å². The van der Waals surface area contributed by atoms with Crippen LogP contribution in [0.15, 0.2) is 36.7 Å². The SMILES string of the molecule is COc1ccc(C#Cc2ccncc2)c2c1OC1(CCCC1)C2. The lowest BCUT2D eigenvalue weighted by Crippen LogP contribution is -2.30. The van der Waals surface area contributed by atoms with Crippen LogP contribution in [0.3, 0.4) is 0 Å². The van der Waals surface area contributed by atoms with Crippen molar-refractivity contribution in [2.24, 2.45) is 0 Å². The molecule has 1 aliphatic heterocycles. The lowest BCUT2D eigenvalue weighted by molar-refractivity contribution is 0.0996. The van der Waals surface area contributed by atoms with Gasteiger partial charge in [0.25, 0.3) is 0 Å². The van der Waals surface area contributed by atoms with Crippen molar-refractivity contribution in [3.8, 4) is 23.3 Å². The Labute approximate surface area is 136 Å². The number of nitrogens with zero attached hydrogens (tertiary/aromatic N) is 1. The van der Waals surface area contributed by atoms with Crippen LogP contribution in [-0.4, -0.2) is 17.7 Å². The molecule has 0 bridgehead atoms. The molecule has 0 saturated heterocycles. The Hall–Kier alpha value is -2.47. The summed E-state index contributed by atoms with van der Waals surface area (Å²) < 4.78 is 11.9. The van der Waals surface area contributed by atoms with E-state index in [0.29, 0.717) is 0 Å². The Morgan fingerprint density at radius 2 is 1.87 bits per heavy atom. The number of hydrogen-bond donors (Lipinski definition) is 0. The van der Waals surface area contributed by atoms with Crippen LogP contribution in [-0.2, 0) is 6.42 Å². The third kappa shape index (κ3) is 2.55. The Kier molecular flexibility index (Phi) is 3.46. The number of fused-ring (bicyclic) bond motifs is 1. The topological polar surface area (TPSA) is 31.4 Å². The van der Waals surface area contributed by atoms with Crippen LogP contribution in [0.25, 0.3) is 0 Å². The highest BCUT2D eigenvalue weighted by molar-refractivity contribution is 5.60. The minimum atomic E-state index is -0.0237. The second-order valence-corrected chi connectivity index (χ2v) is 6.28. The van der Waals surface area contributed by atoms with E-state index >= 15 is 0 Å². The zero-order chi connectivity index (χ0) is 15.7.